The summed E-state index contributed by atoms with van der Waals surface area (Å²) in [6, 6.07) is 19.6. The lowest BCUT2D eigenvalue weighted by Gasteiger charge is -2.00. The Bertz CT molecular complexity index is 1110. The largest absolute Gasteiger partial charge is 0.197 e. The minimum absolute atomic E-state index is 0.148. The Labute approximate surface area is 185 Å². The fourth-order valence-corrected chi connectivity index (χ4v) is 2.87. The van der Waals surface area contributed by atoms with Gasteiger partial charge in [0.2, 0.25) is 0 Å². The lowest BCUT2D eigenvalue weighted by molar-refractivity contribution is 0.924. The molecule has 2 aromatic carbocycles. The molecule has 0 aliphatic carbocycles. The van der Waals surface area contributed by atoms with Crippen LogP contribution in [0, 0.1) is 18.8 Å². The Hall–Kier alpha value is -3.14. The summed E-state index contributed by atoms with van der Waals surface area (Å²) in [6.45, 7) is 3.70. The Morgan fingerprint density at radius 3 is 1.90 bits per heavy atom. The van der Waals surface area contributed by atoms with Gasteiger partial charge in [0.15, 0.2) is 0 Å². The first-order valence-corrected chi connectivity index (χ1v) is 10.1. The second-order valence-corrected chi connectivity index (χ2v) is 7.41. The number of hydrogen-bond acceptors (Lipinski definition) is 4. The van der Waals surface area contributed by atoms with Gasteiger partial charge in [0.05, 0.1) is 11.1 Å². The standard InChI is InChI=1S/C11H10Cl2.C11H10N6/c1-9(12)7-8-11(13)10-5-3-2-4-6-10;1-7-9(13-16-12-7)11-10(14-17-15-11)8-5-3-2-4-6-8/h2-6,9,11H,1H3;2-6H,1H3,(H,12,13,16)(H,14,15,17). The molecule has 0 spiro atoms. The average Bonchev–Trinajstić information content (AvgIpc) is 3.42. The lowest BCUT2D eigenvalue weighted by atomic mass is 10.1. The van der Waals surface area contributed by atoms with Gasteiger partial charge in [-0.25, -0.2) is 0 Å². The average molecular weight is 439 g/mol. The molecule has 0 bridgehead atoms. The summed E-state index contributed by atoms with van der Waals surface area (Å²) in [6.07, 6.45) is 0. The van der Waals surface area contributed by atoms with E-state index in [1.165, 1.54) is 0 Å². The van der Waals surface area contributed by atoms with Crippen molar-refractivity contribution in [3.05, 3.63) is 71.9 Å². The molecule has 30 heavy (non-hydrogen) atoms. The summed E-state index contributed by atoms with van der Waals surface area (Å²) < 4.78 is 0. The molecule has 2 aromatic heterocycles. The van der Waals surface area contributed by atoms with Crippen LogP contribution in [0.1, 0.15) is 23.6 Å². The molecular weight excluding hydrogens is 419 g/mol. The highest BCUT2D eigenvalue weighted by Crippen LogP contribution is 2.27. The number of aryl methyl sites for hydroxylation is 1. The topological polar surface area (TPSA) is 83.1 Å². The number of alkyl halides is 2. The number of hydrogen-bond donors (Lipinski definition) is 2. The van der Waals surface area contributed by atoms with E-state index in [1.54, 1.807) is 0 Å². The number of aromatic nitrogens is 6. The van der Waals surface area contributed by atoms with E-state index < -0.39 is 0 Å². The molecule has 0 fully saturated rings. The van der Waals surface area contributed by atoms with Crippen LogP contribution < -0.4 is 0 Å². The van der Waals surface area contributed by atoms with E-state index in [9.17, 15) is 0 Å². The first-order chi connectivity index (χ1) is 14.6. The maximum absolute atomic E-state index is 6.02. The molecule has 2 unspecified atom stereocenters. The lowest BCUT2D eigenvalue weighted by Crippen LogP contribution is -1.88. The van der Waals surface area contributed by atoms with Crippen molar-refractivity contribution in [2.24, 2.45) is 0 Å². The van der Waals surface area contributed by atoms with Crippen molar-refractivity contribution in [2.75, 3.05) is 0 Å². The Morgan fingerprint density at radius 1 is 0.733 bits per heavy atom. The van der Waals surface area contributed by atoms with Crippen molar-refractivity contribution in [2.45, 2.75) is 24.6 Å². The molecule has 152 valence electrons. The van der Waals surface area contributed by atoms with Crippen LogP contribution >= 0.6 is 23.2 Å². The number of aromatic amines is 2. The number of nitrogens with one attached hydrogen (secondary N) is 2. The Morgan fingerprint density at radius 2 is 1.30 bits per heavy atom. The third-order valence-corrected chi connectivity index (χ3v) is 4.51. The summed E-state index contributed by atoms with van der Waals surface area (Å²) in [5.74, 6) is 5.71. The van der Waals surface area contributed by atoms with Gasteiger partial charge in [0.25, 0.3) is 0 Å². The molecule has 0 radical (unpaired) electrons. The van der Waals surface area contributed by atoms with Crippen molar-refractivity contribution in [1.82, 2.24) is 30.8 Å². The molecule has 0 saturated heterocycles. The quantitative estimate of drug-likeness (QED) is 0.341. The molecule has 4 rings (SSSR count). The van der Waals surface area contributed by atoms with E-state index in [4.69, 9.17) is 23.2 Å². The van der Waals surface area contributed by atoms with Gasteiger partial charge < -0.3 is 0 Å². The van der Waals surface area contributed by atoms with Crippen LogP contribution in [0.2, 0.25) is 0 Å². The number of rotatable bonds is 3. The predicted octanol–water partition coefficient (Wildman–Crippen LogP) is 5.16. The van der Waals surface area contributed by atoms with Crippen molar-refractivity contribution in [3.63, 3.8) is 0 Å². The number of halogens is 2. The molecule has 6 nitrogen and oxygen atoms in total. The smallest absolute Gasteiger partial charge is 0.142 e. The molecule has 0 aliphatic rings. The molecule has 0 aliphatic heterocycles. The number of H-pyrrole nitrogens is 2. The predicted molar refractivity (Wildman–Crippen MR) is 120 cm³/mol. The van der Waals surface area contributed by atoms with E-state index >= 15 is 0 Å². The van der Waals surface area contributed by atoms with Crippen LogP contribution in [-0.4, -0.2) is 36.2 Å². The monoisotopic (exact) mass is 438 g/mol. The van der Waals surface area contributed by atoms with Gasteiger partial charge in [-0.15, -0.1) is 23.2 Å². The Balaban J connectivity index is 0.000000178. The minimum atomic E-state index is -0.262. The SMILES string of the molecule is CC(Cl)C#CC(Cl)c1ccccc1.Cc1n[nH]nc1-c1n[nH]nc1-c1ccccc1. The van der Waals surface area contributed by atoms with Crippen LogP contribution in [0.15, 0.2) is 60.7 Å². The molecular formula is C22H20Cl2N6. The van der Waals surface area contributed by atoms with Crippen molar-refractivity contribution in [3.8, 4) is 34.5 Å². The van der Waals surface area contributed by atoms with Crippen molar-refractivity contribution >= 4 is 23.2 Å². The van der Waals surface area contributed by atoms with Crippen LogP contribution in [0.4, 0.5) is 0 Å². The van der Waals surface area contributed by atoms with Gasteiger partial charge >= 0.3 is 0 Å². The minimum Gasteiger partial charge on any atom is -0.197 e. The first kappa shape index (κ1) is 21.6. The zero-order valence-electron chi connectivity index (χ0n) is 16.5. The molecule has 8 heteroatoms. The van der Waals surface area contributed by atoms with E-state index in [2.05, 4.69) is 42.7 Å². The van der Waals surface area contributed by atoms with Crippen LogP contribution in [0.5, 0.6) is 0 Å². The van der Waals surface area contributed by atoms with E-state index in [0.29, 0.717) is 5.69 Å². The van der Waals surface area contributed by atoms with Crippen LogP contribution in [-0.2, 0) is 0 Å². The van der Waals surface area contributed by atoms with E-state index in [1.807, 2.05) is 74.5 Å². The zero-order chi connectivity index (χ0) is 21.3. The molecule has 2 N–H and O–H groups in total. The van der Waals surface area contributed by atoms with Gasteiger partial charge in [-0.3, -0.25) is 0 Å². The first-order valence-electron chi connectivity index (χ1n) is 9.24. The van der Waals surface area contributed by atoms with Gasteiger partial charge in [0, 0.05) is 5.56 Å². The summed E-state index contributed by atoms with van der Waals surface area (Å²) >= 11 is 11.7. The second kappa shape index (κ2) is 10.6. The molecule has 0 amide bonds. The fraction of sp³-hybridized carbons (Fsp3) is 0.182. The van der Waals surface area contributed by atoms with Gasteiger partial charge in [-0.2, -0.15) is 30.8 Å². The normalized spacial score (nSPS) is 12.1. The molecule has 0 saturated carbocycles. The summed E-state index contributed by atoms with van der Waals surface area (Å²) in [5.41, 5.74) is 5.02. The van der Waals surface area contributed by atoms with Crippen molar-refractivity contribution < 1.29 is 0 Å². The maximum atomic E-state index is 6.02. The summed E-state index contributed by atoms with van der Waals surface area (Å²) in [4.78, 5) is 0. The summed E-state index contributed by atoms with van der Waals surface area (Å²) in [7, 11) is 0. The van der Waals surface area contributed by atoms with Gasteiger partial charge in [-0.05, 0) is 19.4 Å². The highest BCUT2D eigenvalue weighted by molar-refractivity contribution is 6.23. The fourth-order valence-electron chi connectivity index (χ4n) is 2.59. The number of benzene rings is 2. The third kappa shape index (κ3) is 5.69. The Kier molecular flexibility index (Phi) is 7.61. The highest BCUT2D eigenvalue weighted by atomic mass is 35.5. The second-order valence-electron chi connectivity index (χ2n) is 6.32. The van der Waals surface area contributed by atoms with E-state index in [-0.39, 0.29) is 10.8 Å². The zero-order valence-corrected chi connectivity index (χ0v) is 18.0. The molecule has 4 aromatic rings. The summed E-state index contributed by atoms with van der Waals surface area (Å²) in [5, 5.41) is 21.2. The van der Waals surface area contributed by atoms with Gasteiger partial charge in [-0.1, -0.05) is 72.5 Å². The van der Waals surface area contributed by atoms with E-state index in [0.717, 1.165) is 28.2 Å². The molecule has 2 heterocycles. The van der Waals surface area contributed by atoms with Crippen molar-refractivity contribution in [1.29, 1.82) is 0 Å². The number of nitrogens with zero attached hydrogens (tertiary/aromatic N) is 4. The highest BCUT2D eigenvalue weighted by Gasteiger charge is 2.16. The third-order valence-electron chi connectivity index (χ3n) is 4.04. The van der Waals surface area contributed by atoms with Crippen LogP contribution in [0.3, 0.4) is 0 Å². The molecule has 2 atom stereocenters. The maximum Gasteiger partial charge on any atom is 0.142 e. The van der Waals surface area contributed by atoms with Gasteiger partial charge in [0.1, 0.15) is 22.5 Å². The van der Waals surface area contributed by atoms with Crippen LogP contribution in [0.25, 0.3) is 22.6 Å².